The van der Waals surface area contributed by atoms with Crippen molar-refractivity contribution in [2.75, 3.05) is 19.6 Å². The first-order valence-electron chi connectivity index (χ1n) is 13.5. The highest BCUT2D eigenvalue weighted by molar-refractivity contribution is 6.18. The second kappa shape index (κ2) is 10.4. The summed E-state index contributed by atoms with van der Waals surface area (Å²) >= 11 is 0. The first kappa shape index (κ1) is 26.2. The molecular weight excluding hydrogens is 478 g/mol. The van der Waals surface area contributed by atoms with Crippen LogP contribution < -0.4 is 0 Å². The van der Waals surface area contributed by atoms with Gasteiger partial charge in [-0.25, -0.2) is 4.79 Å². The monoisotopic (exact) mass is 515 g/mol. The number of fused-ring (bicyclic) bond motifs is 3. The number of aliphatic hydroxyl groups excluding tert-OH is 1. The van der Waals surface area contributed by atoms with Crippen LogP contribution in [0.5, 0.6) is 0 Å². The Bertz CT molecular complexity index is 1380. The van der Waals surface area contributed by atoms with Crippen molar-refractivity contribution < 1.29 is 19.4 Å². The number of esters is 1. The average molecular weight is 516 g/mol. The molecule has 0 aliphatic carbocycles. The van der Waals surface area contributed by atoms with Gasteiger partial charge in [0.2, 0.25) is 0 Å². The number of piperidine rings is 1. The van der Waals surface area contributed by atoms with Gasteiger partial charge >= 0.3 is 5.97 Å². The lowest BCUT2D eigenvalue weighted by molar-refractivity contribution is -0.140. The van der Waals surface area contributed by atoms with Crippen LogP contribution in [0.25, 0.3) is 16.5 Å². The normalized spacial score (nSPS) is 18.3. The molecule has 2 aliphatic heterocycles. The van der Waals surface area contributed by atoms with Crippen LogP contribution in [0.2, 0.25) is 0 Å². The molecule has 5 rings (SSSR count). The van der Waals surface area contributed by atoms with E-state index in [1.807, 2.05) is 56.3 Å². The Morgan fingerprint density at radius 1 is 1.11 bits per heavy atom. The lowest BCUT2D eigenvalue weighted by Gasteiger charge is -2.30. The summed E-state index contributed by atoms with van der Waals surface area (Å²) in [6.45, 7) is 10.7. The van der Waals surface area contributed by atoms with Crippen molar-refractivity contribution in [1.29, 1.82) is 0 Å². The molecule has 0 spiro atoms. The number of amides is 1. The van der Waals surface area contributed by atoms with Crippen LogP contribution in [0.4, 0.5) is 0 Å². The van der Waals surface area contributed by atoms with E-state index in [9.17, 15) is 14.7 Å². The zero-order valence-electron chi connectivity index (χ0n) is 22.7. The summed E-state index contributed by atoms with van der Waals surface area (Å²) in [5, 5.41) is 10.9. The minimum Gasteiger partial charge on any atom is -0.459 e. The van der Waals surface area contributed by atoms with Crippen LogP contribution >= 0.6 is 0 Å². The summed E-state index contributed by atoms with van der Waals surface area (Å²) in [4.78, 5) is 34.7. The largest absolute Gasteiger partial charge is 0.459 e. The van der Waals surface area contributed by atoms with E-state index >= 15 is 0 Å². The van der Waals surface area contributed by atoms with Crippen LogP contribution in [0.3, 0.4) is 0 Å². The van der Waals surface area contributed by atoms with E-state index < -0.39 is 11.4 Å². The van der Waals surface area contributed by atoms with Crippen LogP contribution in [0, 0.1) is 0 Å². The number of hydrogen-bond donors (Lipinski definition) is 2. The van der Waals surface area contributed by atoms with Gasteiger partial charge in [0, 0.05) is 54.3 Å². The van der Waals surface area contributed by atoms with Gasteiger partial charge in [0.05, 0.1) is 23.5 Å². The lowest BCUT2D eigenvalue weighted by atomic mass is 9.81. The molecule has 1 amide bonds. The number of benzene rings is 2. The molecule has 200 valence electrons. The van der Waals surface area contributed by atoms with Gasteiger partial charge in [0.15, 0.2) is 0 Å². The van der Waals surface area contributed by atoms with E-state index in [0.29, 0.717) is 23.4 Å². The number of hydrogen-bond acceptors (Lipinski definition) is 5. The molecule has 0 saturated carbocycles. The number of likely N-dealkylation sites (tertiary alicyclic amines) is 1. The summed E-state index contributed by atoms with van der Waals surface area (Å²) < 4.78 is 5.62. The molecule has 0 unspecified atom stereocenters. The summed E-state index contributed by atoms with van der Waals surface area (Å²) in [6.07, 6.45) is 2.70. The van der Waals surface area contributed by atoms with Crippen LogP contribution in [0.1, 0.15) is 67.7 Å². The van der Waals surface area contributed by atoms with E-state index in [0.717, 1.165) is 54.5 Å². The Balaban J connectivity index is 1.50. The number of aromatic nitrogens is 1. The maximum atomic E-state index is 13.9. The number of nitrogens with zero attached hydrogens (tertiary/aromatic N) is 2. The SMILES string of the molecule is CC(C)OC(=O)C1=CN(C(=O)c2cccc(CN3CCC(O)CC3)c2)CC(C)(C)c2c1[nH]c1ccccc21. The summed E-state index contributed by atoms with van der Waals surface area (Å²) in [5.41, 5.74) is 4.22. The molecule has 1 fully saturated rings. The highest BCUT2D eigenvalue weighted by atomic mass is 16.5. The fourth-order valence-electron chi connectivity index (χ4n) is 5.68. The van der Waals surface area contributed by atoms with Crippen molar-refractivity contribution in [3.05, 3.63) is 77.1 Å². The second-order valence-electron chi connectivity index (χ2n) is 11.4. The molecule has 3 aromatic rings. The number of aliphatic hydroxyl groups is 1. The molecule has 1 aromatic heterocycles. The van der Waals surface area contributed by atoms with Crippen molar-refractivity contribution in [1.82, 2.24) is 14.8 Å². The van der Waals surface area contributed by atoms with Crippen molar-refractivity contribution in [2.45, 2.75) is 64.7 Å². The van der Waals surface area contributed by atoms with Gasteiger partial charge in [-0.15, -0.1) is 0 Å². The molecule has 0 radical (unpaired) electrons. The standard InChI is InChI=1S/C31H37N3O4/c1-20(2)38-30(37)25-18-34(19-31(3,4)27-24-10-5-6-11-26(24)32-28(25)27)29(36)22-9-7-8-21(16-22)17-33-14-12-23(35)13-15-33/h5-11,16,18,20,23,32,35H,12-15,17,19H2,1-4H3. The molecule has 2 N–H and O–H groups in total. The number of ether oxygens (including phenoxy) is 1. The zero-order chi connectivity index (χ0) is 27.0. The van der Waals surface area contributed by atoms with Crippen molar-refractivity contribution in [2.24, 2.45) is 0 Å². The maximum Gasteiger partial charge on any atom is 0.342 e. The number of H-pyrrole nitrogens is 1. The average Bonchev–Trinajstić information content (AvgIpc) is 3.22. The van der Waals surface area contributed by atoms with Gasteiger partial charge in [-0.05, 0) is 56.0 Å². The fourth-order valence-corrected chi connectivity index (χ4v) is 5.68. The first-order chi connectivity index (χ1) is 18.1. The smallest absolute Gasteiger partial charge is 0.342 e. The fraction of sp³-hybridized carbons (Fsp3) is 0.419. The Morgan fingerprint density at radius 2 is 1.84 bits per heavy atom. The molecule has 0 bridgehead atoms. The minimum absolute atomic E-state index is 0.154. The van der Waals surface area contributed by atoms with E-state index in [4.69, 9.17) is 4.74 Å². The molecule has 38 heavy (non-hydrogen) atoms. The Morgan fingerprint density at radius 3 is 2.58 bits per heavy atom. The van der Waals surface area contributed by atoms with Crippen molar-refractivity contribution >= 4 is 28.4 Å². The third-order valence-corrected chi connectivity index (χ3v) is 7.46. The third kappa shape index (κ3) is 5.26. The highest BCUT2D eigenvalue weighted by Gasteiger charge is 2.37. The number of para-hydroxylation sites is 1. The van der Waals surface area contributed by atoms with E-state index in [2.05, 4.69) is 29.8 Å². The van der Waals surface area contributed by atoms with Crippen LogP contribution in [0.15, 0.2) is 54.7 Å². The number of rotatable bonds is 5. The molecule has 3 heterocycles. The minimum atomic E-state index is -0.454. The zero-order valence-corrected chi connectivity index (χ0v) is 22.7. The van der Waals surface area contributed by atoms with Crippen molar-refractivity contribution in [3.63, 3.8) is 0 Å². The van der Waals surface area contributed by atoms with Crippen LogP contribution in [-0.4, -0.2) is 63.6 Å². The van der Waals surface area contributed by atoms with Crippen molar-refractivity contribution in [3.8, 4) is 0 Å². The first-order valence-corrected chi connectivity index (χ1v) is 13.5. The van der Waals surface area contributed by atoms with Gasteiger partial charge < -0.3 is 19.7 Å². The number of carbonyl (C=O) groups is 2. The Hall–Kier alpha value is -3.42. The Labute approximate surface area is 224 Å². The molecule has 7 heteroatoms. The van der Waals surface area contributed by atoms with Crippen LogP contribution in [-0.2, 0) is 21.5 Å². The molecule has 1 saturated heterocycles. The van der Waals surface area contributed by atoms with Gasteiger partial charge in [-0.3, -0.25) is 9.69 Å². The highest BCUT2D eigenvalue weighted by Crippen LogP contribution is 2.40. The molecular formula is C31H37N3O4. The topological polar surface area (TPSA) is 85.9 Å². The van der Waals surface area contributed by atoms with Gasteiger partial charge in [0.1, 0.15) is 0 Å². The number of aromatic amines is 1. The Kier molecular flexibility index (Phi) is 7.16. The van der Waals surface area contributed by atoms with Gasteiger partial charge in [-0.1, -0.05) is 44.2 Å². The molecule has 7 nitrogen and oxygen atoms in total. The predicted octanol–water partition coefficient (Wildman–Crippen LogP) is 4.85. The van der Waals surface area contributed by atoms with E-state index in [1.165, 1.54) is 0 Å². The van der Waals surface area contributed by atoms with Gasteiger partial charge in [-0.2, -0.15) is 0 Å². The maximum absolute atomic E-state index is 13.9. The number of carbonyl (C=O) groups excluding carboxylic acids is 2. The second-order valence-corrected chi connectivity index (χ2v) is 11.4. The quantitative estimate of drug-likeness (QED) is 0.475. The predicted molar refractivity (Wildman–Crippen MR) is 149 cm³/mol. The molecule has 2 aliphatic rings. The number of nitrogens with one attached hydrogen (secondary N) is 1. The third-order valence-electron chi connectivity index (χ3n) is 7.46. The van der Waals surface area contributed by atoms with E-state index in [1.54, 1.807) is 11.1 Å². The van der Waals surface area contributed by atoms with Gasteiger partial charge in [0.25, 0.3) is 5.91 Å². The lowest BCUT2D eigenvalue weighted by Crippen LogP contribution is -2.37. The molecule has 2 aromatic carbocycles. The summed E-state index contributed by atoms with van der Waals surface area (Å²) in [5.74, 6) is -0.609. The van der Waals surface area contributed by atoms with E-state index in [-0.39, 0.29) is 18.1 Å². The summed E-state index contributed by atoms with van der Waals surface area (Å²) in [6, 6.07) is 15.7. The summed E-state index contributed by atoms with van der Waals surface area (Å²) in [7, 11) is 0. The molecule has 0 atom stereocenters.